The molecule has 5 rings (SSSR count). The number of benzene rings is 2. The molecule has 3 heterocycles. The normalized spacial score (nSPS) is 19.7. The zero-order valence-electron chi connectivity index (χ0n) is 19.2. The average molecular weight is 493 g/mol. The third-order valence-corrected chi connectivity index (χ3v) is 6.66. The van der Waals surface area contributed by atoms with Gasteiger partial charge in [0.2, 0.25) is 11.8 Å². The van der Waals surface area contributed by atoms with Crippen LogP contribution in [0.3, 0.4) is 0 Å². The quantitative estimate of drug-likeness (QED) is 0.385. The van der Waals surface area contributed by atoms with Crippen molar-refractivity contribution in [2.75, 3.05) is 31.1 Å². The monoisotopic (exact) mass is 493 g/mol. The van der Waals surface area contributed by atoms with Crippen molar-refractivity contribution >= 4 is 35.2 Å². The number of amides is 4. The van der Waals surface area contributed by atoms with E-state index < -0.39 is 23.0 Å². The summed E-state index contributed by atoms with van der Waals surface area (Å²) in [6.07, 6.45) is -0.00336. The summed E-state index contributed by atoms with van der Waals surface area (Å²) in [7, 11) is 0. The lowest BCUT2D eigenvalue weighted by atomic mass is 10.0. The molecular formula is C24H23N5O7. The van der Waals surface area contributed by atoms with Crippen LogP contribution in [-0.2, 0) is 16.1 Å². The Balaban J connectivity index is 1.19. The molecule has 2 aromatic rings. The Hall–Kier alpha value is -4.48. The summed E-state index contributed by atoms with van der Waals surface area (Å²) in [5.41, 5.74) is 2.20. The number of piperazine rings is 1. The molecule has 36 heavy (non-hydrogen) atoms. The number of nitrogens with one attached hydrogen (secondary N) is 1. The van der Waals surface area contributed by atoms with E-state index in [4.69, 9.17) is 4.74 Å². The van der Waals surface area contributed by atoms with E-state index in [2.05, 4.69) is 10.2 Å². The van der Waals surface area contributed by atoms with Gasteiger partial charge in [-0.25, -0.2) is 4.79 Å². The molecule has 2 fully saturated rings. The number of hydrogen-bond acceptors (Lipinski definition) is 8. The lowest BCUT2D eigenvalue weighted by molar-refractivity contribution is -0.384. The summed E-state index contributed by atoms with van der Waals surface area (Å²) < 4.78 is 5.34. The lowest BCUT2D eigenvalue weighted by Gasteiger charge is -2.35. The molecule has 2 saturated heterocycles. The Kier molecular flexibility index (Phi) is 6.00. The fourth-order valence-corrected chi connectivity index (χ4v) is 4.71. The second-order valence-electron chi connectivity index (χ2n) is 8.83. The number of hydrogen-bond donors (Lipinski definition) is 1. The maximum Gasteiger partial charge on any atom is 0.415 e. The van der Waals surface area contributed by atoms with Crippen molar-refractivity contribution in [2.24, 2.45) is 0 Å². The fraction of sp³-hybridized carbons (Fsp3) is 0.333. The molecule has 0 radical (unpaired) electrons. The molecule has 1 unspecified atom stereocenters. The number of non-ortho nitro benzene ring substituents is 1. The second kappa shape index (κ2) is 9.29. The van der Waals surface area contributed by atoms with Crippen LogP contribution in [0.25, 0.3) is 0 Å². The van der Waals surface area contributed by atoms with Gasteiger partial charge in [0.15, 0.2) is 0 Å². The number of piperidine rings is 1. The molecule has 0 spiro atoms. The molecule has 1 atom stereocenters. The summed E-state index contributed by atoms with van der Waals surface area (Å²) in [5, 5.41) is 13.1. The van der Waals surface area contributed by atoms with Gasteiger partial charge in [-0.05, 0) is 42.3 Å². The molecule has 0 bridgehead atoms. The van der Waals surface area contributed by atoms with Crippen LogP contribution in [0.2, 0.25) is 0 Å². The topological polar surface area (TPSA) is 142 Å². The van der Waals surface area contributed by atoms with Gasteiger partial charge in [-0.15, -0.1) is 0 Å². The van der Waals surface area contributed by atoms with Crippen molar-refractivity contribution in [3.05, 3.63) is 63.7 Å². The maximum absolute atomic E-state index is 12.9. The number of nitrogens with zero attached hydrogens (tertiary/aromatic N) is 4. The Labute approximate surface area is 205 Å². The van der Waals surface area contributed by atoms with Crippen LogP contribution >= 0.6 is 0 Å². The first kappa shape index (κ1) is 23.3. The molecular weight excluding hydrogens is 470 g/mol. The highest BCUT2D eigenvalue weighted by molar-refractivity contribution is 6.05. The van der Waals surface area contributed by atoms with Crippen molar-refractivity contribution in [1.29, 1.82) is 0 Å². The Morgan fingerprint density at radius 3 is 2.42 bits per heavy atom. The molecule has 0 saturated carbocycles. The van der Waals surface area contributed by atoms with Crippen molar-refractivity contribution in [1.82, 2.24) is 15.1 Å². The molecule has 0 aliphatic carbocycles. The van der Waals surface area contributed by atoms with Gasteiger partial charge >= 0.3 is 6.09 Å². The average Bonchev–Trinajstić information content (AvgIpc) is 3.20. The molecule has 0 aromatic heterocycles. The van der Waals surface area contributed by atoms with E-state index in [1.54, 1.807) is 11.0 Å². The summed E-state index contributed by atoms with van der Waals surface area (Å²) >= 11 is 0. The minimum Gasteiger partial charge on any atom is -0.410 e. The number of nitro benzene ring substituents is 1. The SMILES string of the molecule is O=C1CCC(N2Cc3cc(N4CCN(C(=O)Oc5ccc([N+](=O)[O-])cc5)CC4)ccc3C2=O)C(=O)N1. The summed E-state index contributed by atoms with van der Waals surface area (Å²) in [5.74, 6) is -0.746. The van der Waals surface area contributed by atoms with Crippen LogP contribution in [0, 0.1) is 10.1 Å². The number of ether oxygens (including phenoxy) is 1. The van der Waals surface area contributed by atoms with Crippen molar-refractivity contribution < 1.29 is 28.8 Å². The highest BCUT2D eigenvalue weighted by Crippen LogP contribution is 2.31. The minimum absolute atomic E-state index is 0.0836. The van der Waals surface area contributed by atoms with E-state index in [1.807, 2.05) is 12.1 Å². The lowest BCUT2D eigenvalue weighted by Crippen LogP contribution is -2.52. The number of carbonyl (C=O) groups is 4. The Morgan fingerprint density at radius 2 is 1.75 bits per heavy atom. The van der Waals surface area contributed by atoms with Crippen molar-refractivity contribution in [2.45, 2.75) is 25.4 Å². The van der Waals surface area contributed by atoms with Gasteiger partial charge in [-0.2, -0.15) is 0 Å². The molecule has 12 nitrogen and oxygen atoms in total. The van der Waals surface area contributed by atoms with Gasteiger partial charge in [0.05, 0.1) is 4.92 Å². The number of rotatable bonds is 4. The number of anilines is 1. The van der Waals surface area contributed by atoms with E-state index in [9.17, 15) is 29.3 Å². The van der Waals surface area contributed by atoms with Crippen molar-refractivity contribution in [3.63, 3.8) is 0 Å². The third-order valence-electron chi connectivity index (χ3n) is 6.66. The fourth-order valence-electron chi connectivity index (χ4n) is 4.71. The van der Waals surface area contributed by atoms with Crippen LogP contribution in [0.1, 0.15) is 28.8 Å². The van der Waals surface area contributed by atoms with E-state index in [0.29, 0.717) is 44.7 Å². The van der Waals surface area contributed by atoms with E-state index >= 15 is 0 Å². The molecule has 186 valence electrons. The van der Waals surface area contributed by atoms with Crippen LogP contribution in [-0.4, -0.2) is 70.8 Å². The third kappa shape index (κ3) is 4.44. The van der Waals surface area contributed by atoms with Gasteiger partial charge in [0.1, 0.15) is 11.8 Å². The second-order valence-corrected chi connectivity index (χ2v) is 8.83. The zero-order chi connectivity index (χ0) is 25.4. The smallest absolute Gasteiger partial charge is 0.410 e. The molecule has 12 heteroatoms. The first-order valence-electron chi connectivity index (χ1n) is 11.5. The van der Waals surface area contributed by atoms with Crippen LogP contribution in [0.15, 0.2) is 42.5 Å². The van der Waals surface area contributed by atoms with Gasteiger partial charge in [0.25, 0.3) is 11.6 Å². The number of imide groups is 1. The highest BCUT2D eigenvalue weighted by atomic mass is 16.6. The maximum atomic E-state index is 12.9. The van der Waals surface area contributed by atoms with Gasteiger partial charge in [0, 0.05) is 62.5 Å². The number of fused-ring (bicyclic) bond motifs is 1. The summed E-state index contributed by atoms with van der Waals surface area (Å²) in [6.45, 7) is 2.25. The van der Waals surface area contributed by atoms with Crippen molar-refractivity contribution in [3.8, 4) is 5.75 Å². The number of carbonyl (C=O) groups excluding carboxylic acids is 4. The van der Waals surface area contributed by atoms with E-state index in [-0.39, 0.29) is 29.7 Å². The predicted octanol–water partition coefficient (Wildman–Crippen LogP) is 1.68. The van der Waals surface area contributed by atoms with E-state index in [1.165, 1.54) is 29.2 Å². The molecule has 3 aliphatic rings. The predicted molar refractivity (Wildman–Crippen MR) is 125 cm³/mol. The first-order chi connectivity index (χ1) is 17.3. The van der Waals surface area contributed by atoms with Gasteiger partial charge in [-0.3, -0.25) is 29.8 Å². The summed E-state index contributed by atoms with van der Waals surface area (Å²) in [6, 6.07) is 10.2. The largest absolute Gasteiger partial charge is 0.415 e. The zero-order valence-corrected chi connectivity index (χ0v) is 19.2. The summed E-state index contributed by atoms with van der Waals surface area (Å²) in [4.78, 5) is 64.5. The molecule has 4 amide bonds. The van der Waals surface area contributed by atoms with Gasteiger partial charge < -0.3 is 19.4 Å². The standard InChI is InChI=1S/C24H23N5O7/c30-21-8-7-20(22(31)25-21)28-14-15-13-17(3-6-19(15)23(28)32)26-9-11-27(12-10-26)24(33)36-18-4-1-16(2-5-18)29(34)35/h1-6,13,20H,7-12,14H2,(H,25,30,31). The minimum atomic E-state index is -0.656. The van der Waals surface area contributed by atoms with Crippen LogP contribution < -0.4 is 15.0 Å². The van der Waals surface area contributed by atoms with Crippen LogP contribution in [0.4, 0.5) is 16.2 Å². The van der Waals surface area contributed by atoms with E-state index in [0.717, 1.165) is 11.3 Å². The number of nitro groups is 1. The van der Waals surface area contributed by atoms with Crippen LogP contribution in [0.5, 0.6) is 5.75 Å². The molecule has 2 aromatic carbocycles. The Bertz CT molecular complexity index is 1250. The Morgan fingerprint density at radius 1 is 1.03 bits per heavy atom. The highest BCUT2D eigenvalue weighted by Gasteiger charge is 2.39. The molecule has 1 N–H and O–H groups in total. The van der Waals surface area contributed by atoms with Gasteiger partial charge in [-0.1, -0.05) is 0 Å². The first-order valence-corrected chi connectivity index (χ1v) is 11.5. The molecule has 3 aliphatic heterocycles.